The van der Waals surface area contributed by atoms with E-state index in [2.05, 4.69) is 36.6 Å². The monoisotopic (exact) mass is 349 g/mol. The van der Waals surface area contributed by atoms with Crippen LogP contribution >= 0.6 is 0 Å². The van der Waals surface area contributed by atoms with Gasteiger partial charge in [-0.3, -0.25) is 4.79 Å². The number of rotatable bonds is 5. The van der Waals surface area contributed by atoms with Gasteiger partial charge in [0.15, 0.2) is 5.78 Å². The molecule has 0 fully saturated rings. The Kier molecular flexibility index (Phi) is 4.90. The molecule has 0 radical (unpaired) electrons. The van der Waals surface area contributed by atoms with Crippen LogP contribution in [0.1, 0.15) is 42.3 Å². The van der Waals surface area contributed by atoms with Gasteiger partial charge >= 0.3 is 0 Å². The van der Waals surface area contributed by atoms with Crippen LogP contribution in [0.4, 0.5) is 0 Å². The number of aryl methyl sites for hydroxylation is 2. The lowest BCUT2D eigenvalue weighted by atomic mass is 9.86. The van der Waals surface area contributed by atoms with Gasteiger partial charge in [-0.1, -0.05) is 45.0 Å². The summed E-state index contributed by atoms with van der Waals surface area (Å²) >= 11 is 0. The van der Waals surface area contributed by atoms with Gasteiger partial charge < -0.3 is 9.30 Å². The van der Waals surface area contributed by atoms with Crippen LogP contribution in [0.5, 0.6) is 5.75 Å². The standard InChI is InChI=1S/C23H27NO2/c1-16-10-11-18(14-17(16)2)26-13-12-24-15-20(22(25)23(3,4)5)19-8-6-7-9-21(19)24/h6-11,14-15H,12-13H2,1-5H3. The summed E-state index contributed by atoms with van der Waals surface area (Å²) in [5.74, 6) is 1.05. The van der Waals surface area contributed by atoms with Crippen LogP contribution in [0.3, 0.4) is 0 Å². The van der Waals surface area contributed by atoms with Crippen LogP contribution in [0, 0.1) is 19.3 Å². The van der Waals surface area contributed by atoms with Crippen molar-refractivity contribution in [2.75, 3.05) is 6.61 Å². The highest BCUT2D eigenvalue weighted by atomic mass is 16.5. The van der Waals surface area contributed by atoms with E-state index in [-0.39, 0.29) is 5.78 Å². The molecule has 3 heteroatoms. The van der Waals surface area contributed by atoms with Gasteiger partial charge in [0, 0.05) is 28.1 Å². The molecule has 0 aliphatic heterocycles. The number of fused-ring (bicyclic) bond motifs is 1. The van der Waals surface area contributed by atoms with E-state index in [0.29, 0.717) is 13.2 Å². The van der Waals surface area contributed by atoms with Gasteiger partial charge in [-0.05, 0) is 43.2 Å². The molecule has 0 amide bonds. The zero-order valence-corrected chi connectivity index (χ0v) is 16.3. The van der Waals surface area contributed by atoms with Gasteiger partial charge in [0.2, 0.25) is 0 Å². The van der Waals surface area contributed by atoms with Crippen molar-refractivity contribution in [3.8, 4) is 5.75 Å². The second kappa shape index (κ2) is 6.99. The summed E-state index contributed by atoms with van der Waals surface area (Å²) in [7, 11) is 0. The van der Waals surface area contributed by atoms with Crippen LogP contribution in [-0.2, 0) is 6.54 Å². The number of carbonyl (C=O) groups excluding carboxylic acids is 1. The van der Waals surface area contributed by atoms with E-state index in [1.54, 1.807) is 0 Å². The minimum atomic E-state index is -0.398. The Labute approximate surface area is 155 Å². The Balaban J connectivity index is 1.82. The van der Waals surface area contributed by atoms with E-state index < -0.39 is 5.41 Å². The molecule has 0 saturated carbocycles. The average molecular weight is 349 g/mol. The summed E-state index contributed by atoms with van der Waals surface area (Å²) < 4.78 is 8.05. The van der Waals surface area contributed by atoms with Crippen LogP contribution in [0.15, 0.2) is 48.7 Å². The molecule has 26 heavy (non-hydrogen) atoms. The number of hydrogen-bond donors (Lipinski definition) is 0. The van der Waals surface area contributed by atoms with E-state index in [0.717, 1.165) is 22.2 Å². The average Bonchev–Trinajstić information content (AvgIpc) is 2.95. The molecule has 0 spiro atoms. The maximum absolute atomic E-state index is 12.8. The molecule has 0 atom stereocenters. The second-order valence-corrected chi connectivity index (χ2v) is 7.93. The maximum Gasteiger partial charge on any atom is 0.170 e. The Morgan fingerprint density at radius 1 is 1.04 bits per heavy atom. The van der Waals surface area contributed by atoms with Crippen molar-refractivity contribution in [2.24, 2.45) is 5.41 Å². The number of para-hydroxylation sites is 1. The fraction of sp³-hybridized carbons (Fsp3) is 0.348. The lowest BCUT2D eigenvalue weighted by molar-refractivity contribution is 0.0860. The van der Waals surface area contributed by atoms with Crippen LogP contribution in [0.25, 0.3) is 10.9 Å². The minimum Gasteiger partial charge on any atom is -0.492 e. The summed E-state index contributed by atoms with van der Waals surface area (Å²) in [5, 5.41) is 1.01. The predicted octanol–water partition coefficient (Wildman–Crippen LogP) is 5.57. The van der Waals surface area contributed by atoms with E-state index in [9.17, 15) is 4.79 Å². The summed E-state index contributed by atoms with van der Waals surface area (Å²) in [5.41, 5.74) is 3.96. The maximum atomic E-state index is 12.8. The largest absolute Gasteiger partial charge is 0.492 e. The summed E-state index contributed by atoms with van der Waals surface area (Å²) in [6, 6.07) is 14.2. The highest BCUT2D eigenvalue weighted by molar-refractivity contribution is 6.10. The molecule has 2 aromatic carbocycles. The summed E-state index contributed by atoms with van der Waals surface area (Å²) in [6.07, 6.45) is 1.97. The third-order valence-electron chi connectivity index (χ3n) is 4.79. The molecule has 136 valence electrons. The van der Waals surface area contributed by atoms with Gasteiger partial charge in [0.05, 0.1) is 6.54 Å². The zero-order valence-electron chi connectivity index (χ0n) is 16.3. The fourth-order valence-electron chi connectivity index (χ4n) is 3.08. The SMILES string of the molecule is Cc1ccc(OCCn2cc(C(=O)C(C)(C)C)c3ccccc32)cc1C. The first kappa shape index (κ1) is 18.2. The van der Waals surface area contributed by atoms with Crippen molar-refractivity contribution >= 4 is 16.7 Å². The zero-order chi connectivity index (χ0) is 18.9. The molecular formula is C23H27NO2. The lowest BCUT2D eigenvalue weighted by Gasteiger charge is -2.15. The van der Waals surface area contributed by atoms with Crippen molar-refractivity contribution in [1.82, 2.24) is 4.57 Å². The van der Waals surface area contributed by atoms with Crippen molar-refractivity contribution in [2.45, 2.75) is 41.2 Å². The van der Waals surface area contributed by atoms with Gasteiger partial charge in [0.1, 0.15) is 12.4 Å². The predicted molar refractivity (Wildman–Crippen MR) is 107 cm³/mol. The number of benzene rings is 2. The van der Waals surface area contributed by atoms with Crippen molar-refractivity contribution in [3.05, 3.63) is 65.4 Å². The summed E-state index contributed by atoms with van der Waals surface area (Å²) in [4.78, 5) is 12.8. The van der Waals surface area contributed by atoms with Gasteiger partial charge in [0.25, 0.3) is 0 Å². The Hall–Kier alpha value is -2.55. The molecular weight excluding hydrogens is 322 g/mol. The first-order valence-corrected chi connectivity index (χ1v) is 9.10. The lowest BCUT2D eigenvalue weighted by Crippen LogP contribution is -2.20. The smallest absolute Gasteiger partial charge is 0.170 e. The molecule has 3 nitrogen and oxygen atoms in total. The molecule has 0 unspecified atom stereocenters. The molecule has 0 aliphatic carbocycles. The van der Waals surface area contributed by atoms with E-state index >= 15 is 0 Å². The van der Waals surface area contributed by atoms with Crippen LogP contribution in [0.2, 0.25) is 0 Å². The Morgan fingerprint density at radius 3 is 2.46 bits per heavy atom. The first-order chi connectivity index (χ1) is 12.3. The normalized spacial score (nSPS) is 11.7. The summed E-state index contributed by atoms with van der Waals surface area (Å²) in [6.45, 7) is 11.3. The molecule has 3 rings (SSSR count). The second-order valence-electron chi connectivity index (χ2n) is 7.93. The Bertz CT molecular complexity index is 944. The quantitative estimate of drug-likeness (QED) is 0.564. The topological polar surface area (TPSA) is 31.2 Å². The molecule has 0 aliphatic rings. The molecule has 0 N–H and O–H groups in total. The van der Waals surface area contributed by atoms with E-state index in [1.807, 2.05) is 51.2 Å². The van der Waals surface area contributed by atoms with Gasteiger partial charge in [-0.15, -0.1) is 0 Å². The van der Waals surface area contributed by atoms with Gasteiger partial charge in [-0.25, -0.2) is 0 Å². The molecule has 3 aromatic rings. The Morgan fingerprint density at radius 2 is 1.77 bits per heavy atom. The third-order valence-corrected chi connectivity index (χ3v) is 4.79. The number of hydrogen-bond acceptors (Lipinski definition) is 2. The van der Waals surface area contributed by atoms with Gasteiger partial charge in [-0.2, -0.15) is 0 Å². The molecule has 1 aromatic heterocycles. The van der Waals surface area contributed by atoms with Crippen LogP contribution < -0.4 is 4.74 Å². The highest BCUT2D eigenvalue weighted by Crippen LogP contribution is 2.28. The van der Waals surface area contributed by atoms with Crippen LogP contribution in [-0.4, -0.2) is 17.0 Å². The number of ketones is 1. The van der Waals surface area contributed by atoms with Crippen molar-refractivity contribution in [1.29, 1.82) is 0 Å². The number of aromatic nitrogens is 1. The molecule has 1 heterocycles. The number of nitrogens with zero attached hydrogens (tertiary/aromatic N) is 1. The van der Waals surface area contributed by atoms with E-state index in [4.69, 9.17) is 4.74 Å². The van der Waals surface area contributed by atoms with Crippen molar-refractivity contribution in [3.63, 3.8) is 0 Å². The fourth-order valence-corrected chi connectivity index (χ4v) is 3.08. The van der Waals surface area contributed by atoms with Crippen molar-refractivity contribution < 1.29 is 9.53 Å². The number of ether oxygens (including phenoxy) is 1. The third kappa shape index (κ3) is 3.67. The molecule has 0 bridgehead atoms. The highest BCUT2D eigenvalue weighted by Gasteiger charge is 2.26. The minimum absolute atomic E-state index is 0.169. The number of Topliss-reactive ketones (excluding diaryl/α,β-unsaturated/α-hetero) is 1. The number of carbonyl (C=O) groups is 1. The van der Waals surface area contributed by atoms with E-state index in [1.165, 1.54) is 11.1 Å². The molecule has 0 saturated heterocycles. The first-order valence-electron chi connectivity index (χ1n) is 9.10.